The number of hydrogen-bond acceptors (Lipinski definition) is 6. The molecule has 0 saturated heterocycles. The number of aliphatic imine (C=N–C) groups is 2. The topological polar surface area (TPSA) is 103 Å². The summed E-state index contributed by atoms with van der Waals surface area (Å²) in [4.78, 5) is 49.1. The van der Waals surface area contributed by atoms with Gasteiger partial charge in [0.25, 0.3) is 5.91 Å². The molecule has 3 amide bonds. The highest BCUT2D eigenvalue weighted by atomic mass is 32.2. The maximum Gasteiger partial charge on any atom is 0.259 e. The van der Waals surface area contributed by atoms with Crippen molar-refractivity contribution in [2.75, 3.05) is 17.6 Å². The van der Waals surface area contributed by atoms with E-state index in [4.69, 9.17) is 0 Å². The first-order chi connectivity index (χ1) is 18.5. The van der Waals surface area contributed by atoms with Crippen LogP contribution in [-0.2, 0) is 20.8 Å². The molecule has 192 valence electrons. The molecule has 0 aromatic heterocycles. The highest BCUT2D eigenvalue weighted by molar-refractivity contribution is 8.14. The molecule has 2 aliphatic heterocycles. The molecule has 0 bridgehead atoms. The van der Waals surface area contributed by atoms with Crippen LogP contribution >= 0.6 is 11.8 Å². The number of amidine groups is 2. The van der Waals surface area contributed by atoms with E-state index in [2.05, 4.69) is 20.6 Å². The summed E-state index contributed by atoms with van der Waals surface area (Å²) in [5.41, 5.74) is 2.89. The van der Waals surface area contributed by atoms with Crippen LogP contribution in [0.5, 0.6) is 0 Å². The van der Waals surface area contributed by atoms with Crippen molar-refractivity contribution >= 4 is 51.9 Å². The van der Waals surface area contributed by atoms with Crippen LogP contribution < -0.4 is 10.6 Å². The van der Waals surface area contributed by atoms with Gasteiger partial charge in [-0.25, -0.2) is 14.3 Å². The van der Waals surface area contributed by atoms with Crippen molar-refractivity contribution in [3.8, 4) is 0 Å². The molecule has 2 heterocycles. The zero-order chi connectivity index (χ0) is 26.5. The number of benzene rings is 3. The van der Waals surface area contributed by atoms with Crippen molar-refractivity contribution in [1.29, 1.82) is 0 Å². The quantitative estimate of drug-likeness (QED) is 0.462. The van der Waals surface area contributed by atoms with Crippen LogP contribution in [0.1, 0.15) is 17.5 Å². The van der Waals surface area contributed by atoms with Gasteiger partial charge in [0.2, 0.25) is 11.8 Å². The van der Waals surface area contributed by atoms with E-state index >= 15 is 0 Å². The lowest BCUT2D eigenvalue weighted by molar-refractivity contribution is -0.128. The monoisotopic (exact) mass is 529 g/mol. The smallest absolute Gasteiger partial charge is 0.259 e. The summed E-state index contributed by atoms with van der Waals surface area (Å²) in [6, 6.07) is 21.7. The van der Waals surface area contributed by atoms with E-state index in [-0.39, 0.29) is 29.9 Å². The number of fused-ring (bicyclic) bond motifs is 3. The Hall–Kier alpha value is -4.31. The first-order valence-electron chi connectivity index (χ1n) is 12.1. The van der Waals surface area contributed by atoms with Gasteiger partial charge < -0.3 is 10.6 Å². The highest BCUT2D eigenvalue weighted by Crippen LogP contribution is 2.34. The molecule has 0 radical (unpaired) electrons. The van der Waals surface area contributed by atoms with Gasteiger partial charge in [-0.05, 0) is 48.4 Å². The fourth-order valence-corrected chi connectivity index (χ4v) is 4.93. The summed E-state index contributed by atoms with van der Waals surface area (Å²) < 4.78 is 13.1. The van der Waals surface area contributed by atoms with Gasteiger partial charge in [-0.3, -0.25) is 19.4 Å². The minimum atomic E-state index is -0.883. The zero-order valence-electron chi connectivity index (χ0n) is 20.3. The fourth-order valence-electron chi connectivity index (χ4n) is 4.13. The Labute approximate surface area is 223 Å². The van der Waals surface area contributed by atoms with Gasteiger partial charge in [0.05, 0.1) is 17.9 Å². The average Bonchev–Trinajstić information content (AvgIpc) is 3.25. The Kier molecular flexibility index (Phi) is 7.60. The minimum absolute atomic E-state index is 0.0277. The molecular formula is C28H24FN5O3S. The molecule has 1 atom stereocenters. The first kappa shape index (κ1) is 25.3. The second kappa shape index (κ2) is 11.4. The number of carbonyl (C=O) groups excluding carboxylic acids is 3. The lowest BCUT2D eigenvalue weighted by Gasteiger charge is -2.25. The molecule has 1 unspecified atom stereocenters. The third kappa shape index (κ3) is 5.81. The molecule has 0 aliphatic carbocycles. The molecular weight excluding hydrogens is 505 g/mol. The van der Waals surface area contributed by atoms with E-state index in [1.54, 1.807) is 0 Å². The van der Waals surface area contributed by atoms with E-state index in [0.29, 0.717) is 40.9 Å². The number of rotatable bonds is 8. The fraction of sp³-hybridized carbons (Fsp3) is 0.179. The van der Waals surface area contributed by atoms with Crippen molar-refractivity contribution in [3.05, 3.63) is 95.8 Å². The average molecular weight is 530 g/mol. The largest absolute Gasteiger partial charge is 0.356 e. The molecule has 8 nitrogen and oxygen atoms in total. The normalized spacial score (nSPS) is 15.8. The Balaban J connectivity index is 1.25. The van der Waals surface area contributed by atoms with Gasteiger partial charge in [0.1, 0.15) is 17.7 Å². The molecule has 0 fully saturated rings. The van der Waals surface area contributed by atoms with Crippen LogP contribution in [0, 0.1) is 5.82 Å². The maximum absolute atomic E-state index is 13.4. The second-order valence-electron chi connectivity index (χ2n) is 8.69. The number of carbonyl (C=O) groups is 3. The van der Waals surface area contributed by atoms with Gasteiger partial charge in [0, 0.05) is 17.8 Å². The molecule has 0 saturated carbocycles. The molecule has 0 spiro atoms. The minimum Gasteiger partial charge on any atom is -0.356 e. The van der Waals surface area contributed by atoms with Gasteiger partial charge in [-0.2, -0.15) is 0 Å². The summed E-state index contributed by atoms with van der Waals surface area (Å²) in [5, 5.41) is 5.88. The van der Waals surface area contributed by atoms with Gasteiger partial charge in [0.15, 0.2) is 5.17 Å². The van der Waals surface area contributed by atoms with Gasteiger partial charge in [-0.15, -0.1) is 0 Å². The molecule has 3 aromatic rings. The van der Waals surface area contributed by atoms with E-state index in [0.717, 1.165) is 17.3 Å². The Morgan fingerprint density at radius 3 is 2.47 bits per heavy atom. The van der Waals surface area contributed by atoms with Crippen molar-refractivity contribution in [3.63, 3.8) is 0 Å². The van der Waals surface area contributed by atoms with Crippen LogP contribution in [0.15, 0.2) is 88.8 Å². The number of para-hydroxylation sites is 1. The summed E-state index contributed by atoms with van der Waals surface area (Å²) in [6.07, 6.45) is 0.603. The van der Waals surface area contributed by atoms with Gasteiger partial charge >= 0.3 is 0 Å². The van der Waals surface area contributed by atoms with Crippen molar-refractivity contribution < 1.29 is 18.8 Å². The lowest BCUT2D eigenvalue weighted by Crippen LogP contribution is -2.42. The molecule has 3 aromatic carbocycles. The predicted octanol–water partition coefficient (Wildman–Crippen LogP) is 3.91. The number of nitrogens with zero attached hydrogens (tertiary/aromatic N) is 3. The number of amides is 3. The summed E-state index contributed by atoms with van der Waals surface area (Å²) in [6.45, 7) is 0.457. The van der Waals surface area contributed by atoms with Crippen LogP contribution in [0.3, 0.4) is 0 Å². The lowest BCUT2D eigenvalue weighted by atomic mass is 10.1. The standard InChI is InChI=1S/C28H24FN5O3S/c29-19-10-12-20(13-11-19)31-25(36)17-38-28-33-22-9-5-4-8-21(22)26-32-23(27(37)34(26)28)16-24(35)30-15-14-18-6-2-1-3-7-18/h1-13,23H,14-17H2,(H,30,35)(H,31,36). The van der Waals surface area contributed by atoms with E-state index in [1.165, 1.54) is 29.2 Å². The van der Waals surface area contributed by atoms with Crippen LogP contribution in [0.25, 0.3) is 0 Å². The van der Waals surface area contributed by atoms with Crippen LogP contribution in [-0.4, -0.2) is 52.0 Å². The third-order valence-electron chi connectivity index (χ3n) is 5.97. The number of anilines is 1. The molecule has 10 heteroatoms. The van der Waals surface area contributed by atoms with Crippen molar-refractivity contribution in [2.45, 2.75) is 18.9 Å². The summed E-state index contributed by atoms with van der Waals surface area (Å²) in [7, 11) is 0. The SMILES string of the molecule is O=C(CC1N=C2c3ccccc3N=C(SCC(=O)Nc3ccc(F)cc3)N2C1=O)NCCc1ccccc1. The predicted molar refractivity (Wildman–Crippen MR) is 146 cm³/mol. The summed E-state index contributed by atoms with van der Waals surface area (Å²) >= 11 is 1.09. The first-order valence-corrected chi connectivity index (χ1v) is 13.1. The Morgan fingerprint density at radius 1 is 0.947 bits per heavy atom. The zero-order valence-corrected chi connectivity index (χ0v) is 21.1. The van der Waals surface area contributed by atoms with Crippen molar-refractivity contribution in [1.82, 2.24) is 10.2 Å². The number of halogens is 1. The Bertz CT molecular complexity index is 1430. The number of nitrogens with one attached hydrogen (secondary N) is 2. The Morgan fingerprint density at radius 2 is 1.68 bits per heavy atom. The van der Waals surface area contributed by atoms with E-state index < -0.39 is 11.9 Å². The number of hydrogen-bond donors (Lipinski definition) is 2. The highest BCUT2D eigenvalue weighted by Gasteiger charge is 2.42. The third-order valence-corrected chi connectivity index (χ3v) is 6.90. The van der Waals surface area contributed by atoms with E-state index in [9.17, 15) is 18.8 Å². The molecule has 2 aliphatic rings. The molecule has 5 rings (SSSR count). The molecule has 2 N–H and O–H groups in total. The molecule has 38 heavy (non-hydrogen) atoms. The maximum atomic E-state index is 13.4. The second-order valence-corrected chi connectivity index (χ2v) is 9.63. The number of thioether (sulfide) groups is 1. The summed E-state index contributed by atoms with van der Waals surface area (Å²) in [5.74, 6) is -0.960. The van der Waals surface area contributed by atoms with Crippen LogP contribution in [0.4, 0.5) is 15.8 Å². The van der Waals surface area contributed by atoms with Crippen LogP contribution in [0.2, 0.25) is 0 Å². The van der Waals surface area contributed by atoms with Gasteiger partial charge in [-0.1, -0.05) is 54.2 Å². The van der Waals surface area contributed by atoms with Crippen molar-refractivity contribution in [2.24, 2.45) is 9.98 Å². The van der Waals surface area contributed by atoms with E-state index in [1.807, 2.05) is 54.6 Å².